The molecule has 1 aromatic carbocycles. The maximum Gasteiger partial charge on any atom is 0.259 e. The second kappa shape index (κ2) is 5.34. The Labute approximate surface area is 127 Å². The third-order valence-electron chi connectivity index (χ3n) is 4.17. The molecule has 1 fully saturated rings. The van der Waals surface area contributed by atoms with Crippen molar-refractivity contribution in [1.82, 2.24) is 9.71 Å². The topological polar surface area (TPSA) is 111 Å². The van der Waals surface area contributed by atoms with Crippen molar-refractivity contribution in [3.8, 4) is 0 Å². The van der Waals surface area contributed by atoms with Crippen LogP contribution in [0.25, 0.3) is 0 Å². The van der Waals surface area contributed by atoms with Crippen LogP contribution < -0.4 is 16.3 Å². The molecule has 2 aromatic rings. The lowest BCUT2D eigenvalue weighted by atomic mass is 9.84. The van der Waals surface area contributed by atoms with Crippen LogP contribution in [0.1, 0.15) is 18.4 Å². The van der Waals surface area contributed by atoms with E-state index in [0.717, 1.165) is 5.56 Å². The van der Waals surface area contributed by atoms with Crippen LogP contribution in [0.5, 0.6) is 0 Å². The molecule has 116 valence electrons. The standard InChI is InChI=1S/C15H19N5O2/c16-12-10-13(18-14(17)20(12)22)19-8-6-15(21,7-9-19)11-4-2-1-3-5-11/h1-5,10,17,21-22H,6-9,16H2. The summed E-state index contributed by atoms with van der Waals surface area (Å²) in [5, 5.41) is 27.8. The molecule has 2 heterocycles. The second-order valence-electron chi connectivity index (χ2n) is 5.56. The van der Waals surface area contributed by atoms with Gasteiger partial charge < -0.3 is 20.9 Å². The number of anilines is 2. The minimum Gasteiger partial charge on any atom is -0.423 e. The van der Waals surface area contributed by atoms with Gasteiger partial charge in [0.15, 0.2) is 0 Å². The summed E-state index contributed by atoms with van der Waals surface area (Å²) >= 11 is 0. The lowest BCUT2D eigenvalue weighted by molar-refractivity contribution is 0.0116. The molecule has 1 aliphatic rings. The van der Waals surface area contributed by atoms with E-state index in [0.29, 0.717) is 36.5 Å². The average molecular weight is 301 g/mol. The fourth-order valence-corrected chi connectivity index (χ4v) is 2.81. The minimum absolute atomic E-state index is 0.0684. The highest BCUT2D eigenvalue weighted by Crippen LogP contribution is 2.33. The first-order chi connectivity index (χ1) is 10.5. The smallest absolute Gasteiger partial charge is 0.259 e. The molecule has 7 nitrogen and oxygen atoms in total. The zero-order valence-corrected chi connectivity index (χ0v) is 12.1. The fourth-order valence-electron chi connectivity index (χ4n) is 2.81. The highest BCUT2D eigenvalue weighted by atomic mass is 16.5. The number of rotatable bonds is 2. The highest BCUT2D eigenvalue weighted by molar-refractivity contribution is 5.47. The Bertz CT molecular complexity index is 720. The number of aromatic nitrogens is 2. The van der Waals surface area contributed by atoms with Crippen molar-refractivity contribution in [2.24, 2.45) is 0 Å². The number of nitrogen functional groups attached to an aromatic ring is 1. The monoisotopic (exact) mass is 301 g/mol. The molecule has 1 aromatic heterocycles. The molecule has 7 heteroatoms. The summed E-state index contributed by atoms with van der Waals surface area (Å²) in [5.41, 5.74) is 5.43. The van der Waals surface area contributed by atoms with Crippen LogP contribution in [0, 0.1) is 5.41 Å². The van der Waals surface area contributed by atoms with Crippen LogP contribution in [0.15, 0.2) is 36.4 Å². The van der Waals surface area contributed by atoms with E-state index in [1.165, 1.54) is 6.07 Å². The Morgan fingerprint density at radius 3 is 2.41 bits per heavy atom. The maximum atomic E-state index is 10.8. The van der Waals surface area contributed by atoms with Crippen LogP contribution in [-0.4, -0.2) is 33.1 Å². The van der Waals surface area contributed by atoms with E-state index in [-0.39, 0.29) is 11.4 Å². The van der Waals surface area contributed by atoms with Gasteiger partial charge in [-0.3, -0.25) is 5.41 Å². The zero-order chi connectivity index (χ0) is 15.7. The van der Waals surface area contributed by atoms with Gasteiger partial charge in [-0.1, -0.05) is 30.3 Å². The molecule has 5 N–H and O–H groups in total. The Morgan fingerprint density at radius 1 is 1.18 bits per heavy atom. The third-order valence-corrected chi connectivity index (χ3v) is 4.17. The molecule has 1 aliphatic heterocycles. The van der Waals surface area contributed by atoms with Crippen molar-refractivity contribution in [2.75, 3.05) is 23.7 Å². The van der Waals surface area contributed by atoms with E-state index in [9.17, 15) is 10.3 Å². The van der Waals surface area contributed by atoms with Crippen molar-refractivity contribution >= 4 is 11.6 Å². The highest BCUT2D eigenvalue weighted by Gasteiger charge is 2.34. The molecule has 3 rings (SSSR count). The van der Waals surface area contributed by atoms with Crippen LogP contribution >= 0.6 is 0 Å². The number of aliphatic hydroxyl groups is 1. The van der Waals surface area contributed by atoms with Gasteiger partial charge in [-0.15, -0.1) is 4.73 Å². The molecular formula is C15H19N5O2. The summed E-state index contributed by atoms with van der Waals surface area (Å²) in [6, 6.07) is 11.2. The van der Waals surface area contributed by atoms with Gasteiger partial charge in [0.25, 0.3) is 5.62 Å². The largest absolute Gasteiger partial charge is 0.423 e. The van der Waals surface area contributed by atoms with Gasteiger partial charge in [0.05, 0.1) is 5.60 Å². The molecule has 22 heavy (non-hydrogen) atoms. The van der Waals surface area contributed by atoms with E-state index < -0.39 is 5.60 Å². The Kier molecular flexibility index (Phi) is 3.50. The summed E-state index contributed by atoms with van der Waals surface area (Å²) in [6.45, 7) is 1.21. The van der Waals surface area contributed by atoms with Crippen molar-refractivity contribution in [3.63, 3.8) is 0 Å². The lowest BCUT2D eigenvalue weighted by Gasteiger charge is -2.39. The summed E-state index contributed by atoms with van der Waals surface area (Å²) < 4.78 is 0.535. The first kappa shape index (κ1) is 14.4. The molecule has 0 amide bonds. The minimum atomic E-state index is -0.835. The first-order valence-electron chi connectivity index (χ1n) is 7.16. The van der Waals surface area contributed by atoms with E-state index in [4.69, 9.17) is 11.1 Å². The number of nitrogens with one attached hydrogen (secondary N) is 1. The van der Waals surface area contributed by atoms with Crippen LogP contribution in [0.3, 0.4) is 0 Å². The van der Waals surface area contributed by atoms with Crippen molar-refractivity contribution in [1.29, 1.82) is 5.41 Å². The number of hydrogen-bond donors (Lipinski definition) is 4. The van der Waals surface area contributed by atoms with E-state index in [1.807, 2.05) is 35.2 Å². The Balaban J connectivity index is 1.79. The quantitative estimate of drug-likeness (QED) is 0.609. The second-order valence-corrected chi connectivity index (χ2v) is 5.56. The predicted molar refractivity (Wildman–Crippen MR) is 81.5 cm³/mol. The fraction of sp³-hybridized carbons (Fsp3) is 0.333. The molecule has 0 spiro atoms. The Hall–Kier alpha value is -2.54. The van der Waals surface area contributed by atoms with E-state index in [1.54, 1.807) is 0 Å². The molecule has 0 saturated carbocycles. The zero-order valence-electron chi connectivity index (χ0n) is 12.1. The normalized spacial score (nSPS) is 17.4. The number of piperidine rings is 1. The number of nitrogens with two attached hydrogens (primary N) is 1. The molecule has 0 unspecified atom stereocenters. The lowest BCUT2D eigenvalue weighted by Crippen LogP contribution is -2.43. The van der Waals surface area contributed by atoms with Gasteiger partial charge in [-0.05, 0) is 18.4 Å². The van der Waals surface area contributed by atoms with Crippen LogP contribution in [0.4, 0.5) is 11.6 Å². The maximum absolute atomic E-state index is 10.8. The molecule has 0 bridgehead atoms. The van der Waals surface area contributed by atoms with Crippen molar-refractivity contribution < 1.29 is 10.3 Å². The SMILES string of the molecule is N=c1nc(N2CCC(O)(c3ccccc3)CC2)cc(N)n1O. The van der Waals surface area contributed by atoms with Gasteiger partial charge in [0, 0.05) is 19.2 Å². The van der Waals surface area contributed by atoms with Gasteiger partial charge in [-0.25, -0.2) is 0 Å². The van der Waals surface area contributed by atoms with Gasteiger partial charge >= 0.3 is 0 Å². The number of benzene rings is 1. The molecule has 0 aliphatic carbocycles. The number of nitrogens with zero attached hydrogens (tertiary/aromatic N) is 3. The van der Waals surface area contributed by atoms with Crippen LogP contribution in [-0.2, 0) is 5.60 Å². The first-order valence-corrected chi connectivity index (χ1v) is 7.16. The average Bonchev–Trinajstić information content (AvgIpc) is 2.54. The summed E-state index contributed by atoms with van der Waals surface area (Å²) in [6.07, 6.45) is 1.14. The number of hydrogen-bond acceptors (Lipinski definition) is 6. The summed E-state index contributed by atoms with van der Waals surface area (Å²) in [5.74, 6) is 0.613. The van der Waals surface area contributed by atoms with E-state index in [2.05, 4.69) is 4.98 Å². The van der Waals surface area contributed by atoms with Gasteiger partial charge in [-0.2, -0.15) is 4.98 Å². The van der Waals surface area contributed by atoms with E-state index >= 15 is 0 Å². The molecular weight excluding hydrogens is 282 g/mol. The molecule has 0 radical (unpaired) electrons. The van der Waals surface area contributed by atoms with Gasteiger partial charge in [0.2, 0.25) is 0 Å². The summed E-state index contributed by atoms with van der Waals surface area (Å²) in [4.78, 5) is 5.99. The summed E-state index contributed by atoms with van der Waals surface area (Å²) in [7, 11) is 0. The van der Waals surface area contributed by atoms with Crippen molar-refractivity contribution in [2.45, 2.75) is 18.4 Å². The Morgan fingerprint density at radius 2 is 1.82 bits per heavy atom. The third kappa shape index (κ3) is 2.50. The van der Waals surface area contributed by atoms with Gasteiger partial charge in [0.1, 0.15) is 11.6 Å². The predicted octanol–water partition coefficient (Wildman–Crippen LogP) is 0.670. The van der Waals surface area contributed by atoms with Crippen molar-refractivity contribution in [3.05, 3.63) is 47.6 Å². The van der Waals surface area contributed by atoms with Crippen LogP contribution in [0.2, 0.25) is 0 Å². The molecule has 0 atom stereocenters. The molecule has 1 saturated heterocycles.